The lowest BCUT2D eigenvalue weighted by molar-refractivity contribution is -0.131. The van der Waals surface area contributed by atoms with Crippen LogP contribution in [0.3, 0.4) is 0 Å². The second-order valence-corrected chi connectivity index (χ2v) is 11.1. The maximum absolute atomic E-state index is 13.5. The first-order valence-electron chi connectivity index (χ1n) is 13.2. The van der Waals surface area contributed by atoms with Gasteiger partial charge in [0.2, 0.25) is 5.91 Å². The predicted octanol–water partition coefficient (Wildman–Crippen LogP) is 6.47. The molecule has 4 aromatic rings. The molecule has 1 aliphatic heterocycles. The lowest BCUT2D eigenvalue weighted by Gasteiger charge is -2.29. The molecule has 1 saturated carbocycles. The van der Waals surface area contributed by atoms with Gasteiger partial charge in [0.15, 0.2) is 0 Å². The maximum atomic E-state index is 13.5. The minimum absolute atomic E-state index is 0.167. The zero-order chi connectivity index (χ0) is 26.1. The lowest BCUT2D eigenvalue weighted by Crippen LogP contribution is -2.35. The van der Waals surface area contributed by atoms with Crippen LogP contribution in [0.25, 0.3) is 5.69 Å². The predicted molar refractivity (Wildman–Crippen MR) is 152 cm³/mol. The Balaban J connectivity index is 1.30. The fraction of sp³-hybridized carbons (Fsp3) is 0.290. The molecular weight excluding hydrogens is 515 g/mol. The number of hydrogen-bond acceptors (Lipinski definition) is 3. The monoisotopic (exact) mass is 544 g/mol. The Labute approximate surface area is 233 Å². The van der Waals surface area contributed by atoms with Gasteiger partial charge in [0.25, 0.3) is 0 Å². The van der Waals surface area contributed by atoms with E-state index in [2.05, 4.69) is 20.5 Å². The van der Waals surface area contributed by atoms with Crippen molar-refractivity contribution < 1.29 is 4.79 Å². The van der Waals surface area contributed by atoms with Crippen molar-refractivity contribution >= 4 is 29.1 Å². The van der Waals surface area contributed by atoms with E-state index in [0.717, 1.165) is 60.9 Å². The highest BCUT2D eigenvalue weighted by atomic mass is 35.5. The molecule has 0 radical (unpaired) electrons. The van der Waals surface area contributed by atoms with Gasteiger partial charge in [-0.1, -0.05) is 65.7 Å². The van der Waals surface area contributed by atoms with Crippen molar-refractivity contribution in [3.05, 3.63) is 117 Å². The van der Waals surface area contributed by atoms with Crippen molar-refractivity contribution in [3.63, 3.8) is 0 Å². The van der Waals surface area contributed by atoms with Crippen LogP contribution in [-0.2, 0) is 37.3 Å². The van der Waals surface area contributed by atoms with E-state index in [1.54, 1.807) is 0 Å². The second kappa shape index (κ2) is 10.9. The Hall–Kier alpha value is -3.12. The van der Waals surface area contributed by atoms with Gasteiger partial charge in [0, 0.05) is 47.7 Å². The van der Waals surface area contributed by atoms with Crippen molar-refractivity contribution in [2.75, 3.05) is 6.54 Å². The van der Waals surface area contributed by atoms with Gasteiger partial charge >= 0.3 is 0 Å². The number of hydrogen-bond donors (Lipinski definition) is 0. The molecule has 0 bridgehead atoms. The van der Waals surface area contributed by atoms with E-state index in [0.29, 0.717) is 24.0 Å². The topological polar surface area (TPSA) is 41.4 Å². The quantitative estimate of drug-likeness (QED) is 0.255. The Morgan fingerprint density at radius 2 is 1.68 bits per heavy atom. The van der Waals surface area contributed by atoms with E-state index in [1.165, 1.54) is 16.8 Å². The summed E-state index contributed by atoms with van der Waals surface area (Å²) in [6.07, 6.45) is 3.41. The average Bonchev–Trinajstić information content (AvgIpc) is 3.70. The minimum Gasteiger partial charge on any atom is -0.333 e. The summed E-state index contributed by atoms with van der Waals surface area (Å²) >= 11 is 12.4. The van der Waals surface area contributed by atoms with Crippen molar-refractivity contribution in [1.29, 1.82) is 0 Å². The Morgan fingerprint density at radius 3 is 2.42 bits per heavy atom. The summed E-state index contributed by atoms with van der Waals surface area (Å²) in [6.45, 7) is 3.07. The standard InChI is InChI=1S/C31H30Cl2N4O/c32-24-9-11-27(12-10-24)37-30-15-16-35(19-23-7-4-8-25(33)17-23)20-28(30)29(34-37)21-36(26-13-14-26)31(38)18-22-5-2-1-3-6-22/h1-12,17,26H,13-16,18-21H2. The molecule has 38 heavy (non-hydrogen) atoms. The van der Waals surface area contributed by atoms with Crippen molar-refractivity contribution in [1.82, 2.24) is 19.6 Å². The second-order valence-electron chi connectivity index (χ2n) is 10.3. The molecule has 1 aromatic heterocycles. The number of carbonyl (C=O) groups is 1. The molecule has 0 atom stereocenters. The first-order chi connectivity index (χ1) is 18.5. The van der Waals surface area contributed by atoms with E-state index in [1.807, 2.05) is 72.8 Å². The summed E-state index contributed by atoms with van der Waals surface area (Å²) in [6, 6.07) is 26.2. The number of nitrogens with zero attached hydrogens (tertiary/aromatic N) is 4. The normalized spacial score (nSPS) is 15.3. The molecule has 2 heterocycles. The fourth-order valence-electron chi connectivity index (χ4n) is 5.33. The van der Waals surface area contributed by atoms with Gasteiger partial charge in [0.05, 0.1) is 30.0 Å². The van der Waals surface area contributed by atoms with Crippen molar-refractivity contribution in [2.45, 2.75) is 51.4 Å². The Kier molecular flexibility index (Phi) is 7.24. The zero-order valence-electron chi connectivity index (χ0n) is 21.2. The first kappa shape index (κ1) is 25.2. The van der Waals surface area contributed by atoms with Gasteiger partial charge in [-0.2, -0.15) is 5.10 Å². The van der Waals surface area contributed by atoms with E-state index < -0.39 is 0 Å². The van der Waals surface area contributed by atoms with E-state index in [4.69, 9.17) is 28.3 Å². The fourth-order valence-corrected chi connectivity index (χ4v) is 5.67. The summed E-state index contributed by atoms with van der Waals surface area (Å²) in [5, 5.41) is 6.58. The number of halogens is 2. The molecule has 1 aliphatic carbocycles. The number of aromatic nitrogens is 2. The third-order valence-electron chi connectivity index (χ3n) is 7.41. The molecular formula is C31H30Cl2N4O. The number of carbonyl (C=O) groups excluding carboxylic acids is 1. The maximum Gasteiger partial charge on any atom is 0.227 e. The molecule has 6 rings (SSSR count). The van der Waals surface area contributed by atoms with Crippen molar-refractivity contribution in [3.8, 4) is 5.69 Å². The lowest BCUT2D eigenvalue weighted by atomic mass is 10.0. The van der Waals surface area contributed by atoms with Crippen LogP contribution < -0.4 is 0 Å². The van der Waals surface area contributed by atoms with Gasteiger partial charge in [0.1, 0.15) is 0 Å². The van der Waals surface area contributed by atoms with Crippen LogP contribution in [0.1, 0.15) is 40.9 Å². The Morgan fingerprint density at radius 1 is 0.921 bits per heavy atom. The largest absolute Gasteiger partial charge is 0.333 e. The number of rotatable bonds is 8. The van der Waals surface area contributed by atoms with Crippen LogP contribution >= 0.6 is 23.2 Å². The van der Waals surface area contributed by atoms with Crippen LogP contribution in [0.5, 0.6) is 0 Å². The average molecular weight is 546 g/mol. The molecule has 194 valence electrons. The van der Waals surface area contributed by atoms with Gasteiger partial charge in [-0.05, 0) is 60.4 Å². The van der Waals surface area contributed by atoms with Crippen LogP contribution in [0.2, 0.25) is 10.0 Å². The van der Waals surface area contributed by atoms with Crippen LogP contribution in [0.4, 0.5) is 0 Å². The molecule has 5 nitrogen and oxygen atoms in total. The number of amides is 1. The summed E-state index contributed by atoms with van der Waals surface area (Å²) < 4.78 is 2.06. The molecule has 1 amide bonds. The summed E-state index contributed by atoms with van der Waals surface area (Å²) in [5.41, 5.74) is 6.67. The molecule has 2 aliphatic rings. The van der Waals surface area contributed by atoms with E-state index >= 15 is 0 Å². The third-order valence-corrected chi connectivity index (χ3v) is 7.90. The highest BCUT2D eigenvalue weighted by Crippen LogP contribution is 2.32. The van der Waals surface area contributed by atoms with Crippen molar-refractivity contribution in [2.24, 2.45) is 0 Å². The minimum atomic E-state index is 0.167. The van der Waals surface area contributed by atoms with E-state index in [9.17, 15) is 4.79 Å². The molecule has 3 aromatic carbocycles. The van der Waals surface area contributed by atoms with E-state index in [-0.39, 0.29) is 5.91 Å². The van der Waals surface area contributed by atoms with Crippen LogP contribution in [0.15, 0.2) is 78.9 Å². The molecule has 0 N–H and O–H groups in total. The van der Waals surface area contributed by atoms with Crippen LogP contribution in [-0.4, -0.2) is 38.1 Å². The van der Waals surface area contributed by atoms with Gasteiger partial charge in [-0.25, -0.2) is 4.68 Å². The summed E-state index contributed by atoms with van der Waals surface area (Å²) in [4.78, 5) is 18.0. The van der Waals surface area contributed by atoms with Gasteiger partial charge in [-0.15, -0.1) is 0 Å². The summed E-state index contributed by atoms with van der Waals surface area (Å²) in [7, 11) is 0. The smallest absolute Gasteiger partial charge is 0.227 e. The molecule has 7 heteroatoms. The molecule has 1 fully saturated rings. The molecule has 0 unspecified atom stereocenters. The molecule has 0 spiro atoms. The highest BCUT2D eigenvalue weighted by molar-refractivity contribution is 6.30. The first-order valence-corrected chi connectivity index (χ1v) is 13.9. The van der Waals surface area contributed by atoms with Gasteiger partial charge in [-0.3, -0.25) is 9.69 Å². The van der Waals surface area contributed by atoms with Gasteiger partial charge < -0.3 is 4.90 Å². The molecule has 0 saturated heterocycles. The number of benzene rings is 3. The highest BCUT2D eigenvalue weighted by Gasteiger charge is 2.35. The Bertz CT molecular complexity index is 1430. The zero-order valence-corrected chi connectivity index (χ0v) is 22.7. The third kappa shape index (κ3) is 5.65. The van der Waals surface area contributed by atoms with Crippen LogP contribution in [0, 0.1) is 0 Å². The number of fused-ring (bicyclic) bond motifs is 1. The summed E-state index contributed by atoms with van der Waals surface area (Å²) in [5.74, 6) is 0.167. The SMILES string of the molecule is O=C(Cc1ccccc1)N(Cc1nn(-c2ccc(Cl)cc2)c2c1CN(Cc1cccc(Cl)c1)CC2)C1CC1.